The summed E-state index contributed by atoms with van der Waals surface area (Å²) in [5.74, 6) is 0.930. The summed E-state index contributed by atoms with van der Waals surface area (Å²) >= 11 is 0. The number of carbonyl (C=O) groups excluding carboxylic acids is 2. The third-order valence-electron chi connectivity index (χ3n) is 4.67. The van der Waals surface area contributed by atoms with Gasteiger partial charge < -0.3 is 0 Å². The molecule has 0 aliphatic heterocycles. The summed E-state index contributed by atoms with van der Waals surface area (Å²) in [5, 5.41) is 0. The smallest absolute Gasteiger partial charge is 0.160 e. The largest absolute Gasteiger partial charge is 0.294 e. The first-order valence-corrected chi connectivity index (χ1v) is 9.93. The van der Waals surface area contributed by atoms with E-state index in [0.717, 1.165) is 0 Å². The van der Waals surface area contributed by atoms with Crippen LogP contribution in [0, 0.1) is 23.7 Å². The Kier molecular flexibility index (Phi) is 2.15. The van der Waals surface area contributed by atoms with E-state index in [4.69, 9.17) is 0 Å². The molecule has 0 saturated heterocycles. The lowest BCUT2D eigenvalue weighted by molar-refractivity contribution is -0.129. The van der Waals surface area contributed by atoms with Crippen molar-refractivity contribution in [2.75, 3.05) is 0 Å². The minimum absolute atomic E-state index is 0.0424. The molecule has 0 aromatic carbocycles. The van der Waals surface area contributed by atoms with Crippen LogP contribution in [0.4, 0.5) is 0 Å². The zero-order valence-electron chi connectivity index (χ0n) is 10.5. The molecule has 0 N–H and O–H groups in total. The van der Waals surface area contributed by atoms with Crippen LogP contribution in [0.2, 0.25) is 25.2 Å². The van der Waals surface area contributed by atoms with Crippen molar-refractivity contribution in [2.45, 2.75) is 25.2 Å². The minimum atomic E-state index is -1.33. The van der Waals surface area contributed by atoms with Gasteiger partial charge in [-0.25, -0.2) is 0 Å². The van der Waals surface area contributed by atoms with Gasteiger partial charge in [-0.15, -0.1) is 0 Å². The van der Waals surface area contributed by atoms with E-state index in [2.05, 4.69) is 31.8 Å². The highest BCUT2D eigenvalue weighted by Gasteiger charge is 2.59. The third kappa shape index (κ3) is 1.38. The van der Waals surface area contributed by atoms with Crippen LogP contribution in [-0.2, 0) is 9.59 Å². The molecule has 0 spiro atoms. The standard InChI is InChI=1S/C14H18O2Si/c1-17(2,3)14-8-4-5-9(14)13-11(16)7-6-10(15)12(8)13/h4-9,12-14H,1-3H3/t8-,9+,12-,13+,14?. The van der Waals surface area contributed by atoms with Crippen LogP contribution in [0.1, 0.15) is 0 Å². The second-order valence-corrected chi connectivity index (χ2v) is 12.0. The first kappa shape index (κ1) is 11.1. The van der Waals surface area contributed by atoms with Gasteiger partial charge >= 0.3 is 0 Å². The predicted octanol–water partition coefficient (Wildman–Crippen LogP) is 2.45. The van der Waals surface area contributed by atoms with Crippen LogP contribution in [0.15, 0.2) is 24.3 Å². The lowest BCUT2D eigenvalue weighted by Gasteiger charge is -2.29. The quantitative estimate of drug-likeness (QED) is 0.526. The molecule has 3 aliphatic rings. The highest BCUT2D eigenvalue weighted by Crippen LogP contribution is 2.60. The number of rotatable bonds is 1. The maximum atomic E-state index is 12.0. The maximum absolute atomic E-state index is 12.0. The fourth-order valence-corrected chi connectivity index (χ4v) is 7.14. The van der Waals surface area contributed by atoms with Crippen molar-refractivity contribution in [3.8, 4) is 0 Å². The van der Waals surface area contributed by atoms with Crippen LogP contribution < -0.4 is 0 Å². The maximum Gasteiger partial charge on any atom is 0.160 e. The number of carbonyl (C=O) groups is 2. The van der Waals surface area contributed by atoms with Gasteiger partial charge in [-0.2, -0.15) is 0 Å². The molecular formula is C14H18O2Si. The van der Waals surface area contributed by atoms with Crippen LogP contribution in [0.25, 0.3) is 0 Å². The van der Waals surface area contributed by atoms with Crippen LogP contribution in [0.3, 0.4) is 0 Å². The Morgan fingerprint density at radius 3 is 1.65 bits per heavy atom. The Hall–Kier alpha value is -0.963. The van der Waals surface area contributed by atoms with Crippen LogP contribution >= 0.6 is 0 Å². The lowest BCUT2D eigenvalue weighted by Crippen LogP contribution is -2.34. The molecule has 2 bridgehead atoms. The first-order chi connectivity index (χ1) is 7.91. The predicted molar refractivity (Wildman–Crippen MR) is 69.4 cm³/mol. The monoisotopic (exact) mass is 246 g/mol. The topological polar surface area (TPSA) is 34.1 Å². The fraction of sp³-hybridized carbons (Fsp3) is 0.571. The number of ketones is 2. The van der Waals surface area contributed by atoms with Gasteiger partial charge in [0.1, 0.15) is 0 Å². The van der Waals surface area contributed by atoms with Crippen molar-refractivity contribution in [3.63, 3.8) is 0 Å². The van der Waals surface area contributed by atoms with Gasteiger partial charge in [0.15, 0.2) is 11.6 Å². The van der Waals surface area contributed by atoms with E-state index in [1.165, 1.54) is 12.2 Å². The number of allylic oxidation sites excluding steroid dienone is 4. The van der Waals surface area contributed by atoms with Gasteiger partial charge in [0.2, 0.25) is 0 Å². The summed E-state index contributed by atoms with van der Waals surface area (Å²) in [6.45, 7) is 7.05. The SMILES string of the molecule is C[Si](C)(C)C1[C@H]2C=C[C@@H]1[C@@H]1C(=O)C=CC(=O)[C@@H]12. The Bertz CT molecular complexity index is 421. The van der Waals surface area contributed by atoms with E-state index in [9.17, 15) is 9.59 Å². The second-order valence-electron chi connectivity index (χ2n) is 6.62. The van der Waals surface area contributed by atoms with Gasteiger partial charge in [-0.3, -0.25) is 9.59 Å². The average molecular weight is 246 g/mol. The number of hydrogen-bond acceptors (Lipinski definition) is 2. The summed E-state index contributed by atoms with van der Waals surface area (Å²) in [7, 11) is -1.33. The molecule has 0 aromatic heterocycles. The molecule has 0 aromatic rings. The van der Waals surface area contributed by atoms with E-state index in [1.54, 1.807) is 0 Å². The molecule has 5 atom stereocenters. The molecule has 2 nitrogen and oxygen atoms in total. The average Bonchev–Trinajstić information content (AvgIpc) is 2.78. The number of fused-ring (bicyclic) bond motifs is 5. The first-order valence-electron chi connectivity index (χ1n) is 6.35. The molecule has 0 heterocycles. The summed E-state index contributed by atoms with van der Waals surface area (Å²) in [6.07, 6.45) is 7.41. The van der Waals surface area contributed by atoms with Crippen molar-refractivity contribution in [1.29, 1.82) is 0 Å². The van der Waals surface area contributed by atoms with Gasteiger partial charge in [-0.1, -0.05) is 31.8 Å². The van der Waals surface area contributed by atoms with Crippen molar-refractivity contribution in [1.82, 2.24) is 0 Å². The van der Waals surface area contributed by atoms with Gasteiger partial charge in [0.25, 0.3) is 0 Å². The lowest BCUT2D eigenvalue weighted by atomic mass is 9.75. The third-order valence-corrected chi connectivity index (χ3v) is 7.44. The molecule has 0 radical (unpaired) electrons. The van der Waals surface area contributed by atoms with Gasteiger partial charge in [-0.05, 0) is 29.5 Å². The molecule has 0 amide bonds. The van der Waals surface area contributed by atoms with Gasteiger partial charge in [0, 0.05) is 19.9 Å². The summed E-state index contributed by atoms with van der Waals surface area (Å²) in [6, 6.07) is 0. The van der Waals surface area contributed by atoms with E-state index in [1.807, 2.05) is 0 Å². The number of hydrogen-bond donors (Lipinski definition) is 0. The van der Waals surface area contributed by atoms with E-state index in [-0.39, 0.29) is 23.4 Å². The minimum Gasteiger partial charge on any atom is -0.294 e. The highest BCUT2D eigenvalue weighted by atomic mass is 28.3. The van der Waals surface area contributed by atoms with Crippen molar-refractivity contribution >= 4 is 19.6 Å². The Morgan fingerprint density at radius 2 is 1.29 bits per heavy atom. The molecule has 17 heavy (non-hydrogen) atoms. The molecule has 1 saturated carbocycles. The molecule has 3 rings (SSSR count). The van der Waals surface area contributed by atoms with Gasteiger partial charge in [0.05, 0.1) is 0 Å². The van der Waals surface area contributed by atoms with Crippen molar-refractivity contribution in [3.05, 3.63) is 24.3 Å². The highest BCUT2D eigenvalue weighted by molar-refractivity contribution is 6.78. The fourth-order valence-electron chi connectivity index (χ4n) is 4.19. The molecule has 3 aliphatic carbocycles. The summed E-state index contributed by atoms with van der Waals surface area (Å²) < 4.78 is 0. The van der Waals surface area contributed by atoms with E-state index in [0.29, 0.717) is 17.4 Å². The van der Waals surface area contributed by atoms with Crippen molar-refractivity contribution in [2.24, 2.45) is 23.7 Å². The Labute approximate surface area is 103 Å². The Balaban J connectivity index is 2.06. The second kappa shape index (κ2) is 3.28. The molecule has 1 unspecified atom stereocenters. The van der Waals surface area contributed by atoms with E-state index < -0.39 is 8.07 Å². The van der Waals surface area contributed by atoms with E-state index >= 15 is 0 Å². The molecule has 3 heteroatoms. The Morgan fingerprint density at radius 1 is 0.882 bits per heavy atom. The zero-order chi connectivity index (χ0) is 12.4. The molecule has 1 fully saturated rings. The van der Waals surface area contributed by atoms with Crippen molar-refractivity contribution < 1.29 is 9.59 Å². The zero-order valence-corrected chi connectivity index (χ0v) is 11.5. The summed E-state index contributed by atoms with van der Waals surface area (Å²) in [4.78, 5) is 24.1. The van der Waals surface area contributed by atoms with Crippen LogP contribution in [0.5, 0.6) is 0 Å². The molecule has 90 valence electrons. The summed E-state index contributed by atoms with van der Waals surface area (Å²) in [5.41, 5.74) is 0.574. The normalized spacial score (nSPS) is 43.4. The molecular weight excluding hydrogens is 228 g/mol. The van der Waals surface area contributed by atoms with Crippen LogP contribution in [-0.4, -0.2) is 19.6 Å².